The highest BCUT2D eigenvalue weighted by Crippen LogP contribution is 2.16. The Morgan fingerprint density at radius 2 is 1.97 bits per heavy atom. The first kappa shape index (κ1) is 20.1. The van der Waals surface area contributed by atoms with E-state index in [1.54, 1.807) is 62.7 Å². The normalized spacial score (nSPS) is 10.6. The largest absolute Gasteiger partial charge is 0.497 e. The number of anilines is 1. The van der Waals surface area contributed by atoms with E-state index in [0.717, 1.165) is 4.68 Å². The van der Waals surface area contributed by atoms with Gasteiger partial charge in [-0.25, -0.2) is 4.68 Å². The Kier molecular flexibility index (Phi) is 6.23. The van der Waals surface area contributed by atoms with Crippen molar-refractivity contribution < 1.29 is 14.3 Å². The molecule has 0 aliphatic carbocycles. The van der Waals surface area contributed by atoms with Crippen molar-refractivity contribution in [1.82, 2.24) is 14.7 Å². The monoisotopic (exact) mass is 394 g/mol. The van der Waals surface area contributed by atoms with Crippen LogP contribution < -0.4 is 15.6 Å². The summed E-state index contributed by atoms with van der Waals surface area (Å²) >= 11 is 0. The van der Waals surface area contributed by atoms with Crippen molar-refractivity contribution in [1.29, 1.82) is 0 Å². The van der Waals surface area contributed by atoms with Crippen LogP contribution in [0.3, 0.4) is 0 Å². The van der Waals surface area contributed by atoms with E-state index in [1.165, 1.54) is 4.90 Å². The Bertz CT molecular complexity index is 1090. The number of carbonyl (C=O) groups excluding carboxylic acids is 2. The van der Waals surface area contributed by atoms with Crippen LogP contribution in [0.4, 0.5) is 5.69 Å². The molecule has 0 spiro atoms. The van der Waals surface area contributed by atoms with Crippen molar-refractivity contribution in [2.45, 2.75) is 13.5 Å². The zero-order valence-corrected chi connectivity index (χ0v) is 16.3. The van der Waals surface area contributed by atoms with E-state index >= 15 is 0 Å². The number of nitrogens with one attached hydrogen (secondary N) is 1. The molecule has 0 fully saturated rings. The fourth-order valence-corrected chi connectivity index (χ4v) is 2.92. The summed E-state index contributed by atoms with van der Waals surface area (Å²) in [6.45, 7) is 1.73. The van der Waals surface area contributed by atoms with Crippen LogP contribution in [-0.2, 0) is 16.1 Å². The fourth-order valence-electron chi connectivity index (χ4n) is 2.92. The number of carbonyl (C=O) groups is 2. The molecule has 29 heavy (non-hydrogen) atoms. The number of ether oxygens (including phenoxy) is 1. The van der Waals surface area contributed by atoms with Gasteiger partial charge in [0, 0.05) is 23.7 Å². The average molecular weight is 394 g/mol. The Morgan fingerprint density at radius 1 is 1.17 bits per heavy atom. The number of fused-ring (bicyclic) bond motifs is 1. The molecule has 1 N–H and O–H groups in total. The highest BCUT2D eigenvalue weighted by molar-refractivity contribution is 5.94. The molecule has 0 aliphatic heterocycles. The van der Waals surface area contributed by atoms with Crippen LogP contribution in [0.1, 0.15) is 6.92 Å². The highest BCUT2D eigenvalue weighted by Gasteiger charge is 2.18. The van der Waals surface area contributed by atoms with Crippen LogP contribution in [0.2, 0.25) is 0 Å². The molecular formula is C21H22N4O4. The highest BCUT2D eigenvalue weighted by atomic mass is 16.5. The van der Waals surface area contributed by atoms with Crippen molar-refractivity contribution >= 4 is 28.3 Å². The van der Waals surface area contributed by atoms with E-state index in [-0.39, 0.29) is 30.5 Å². The minimum Gasteiger partial charge on any atom is -0.497 e. The molecule has 2 aromatic carbocycles. The number of likely N-dealkylation sites (N-methyl/N-ethyl adjacent to an activating group) is 1. The molecule has 0 unspecified atom stereocenters. The molecule has 150 valence electrons. The second-order valence-electron chi connectivity index (χ2n) is 6.38. The van der Waals surface area contributed by atoms with E-state index in [4.69, 9.17) is 4.74 Å². The van der Waals surface area contributed by atoms with Gasteiger partial charge in [0.15, 0.2) is 0 Å². The van der Waals surface area contributed by atoms with Gasteiger partial charge >= 0.3 is 0 Å². The number of amides is 2. The molecule has 2 amide bonds. The number of nitrogens with zero attached hydrogens (tertiary/aromatic N) is 3. The Balaban J connectivity index is 1.68. The zero-order valence-electron chi connectivity index (χ0n) is 16.3. The van der Waals surface area contributed by atoms with Crippen LogP contribution in [-0.4, -0.2) is 46.7 Å². The van der Waals surface area contributed by atoms with Gasteiger partial charge in [-0.2, -0.15) is 5.10 Å². The molecule has 3 aromatic rings. The zero-order chi connectivity index (χ0) is 20.8. The standard InChI is InChI=1S/C21H22N4O4/c1-3-24(13-19(26)23-16-8-6-9-17(11-16)29-2)20(27)14-25-21(28)18-10-5-4-7-15(18)12-22-25/h4-12H,3,13-14H2,1-2H3,(H,23,26). The first-order valence-electron chi connectivity index (χ1n) is 9.18. The number of hydrogen-bond donors (Lipinski definition) is 1. The summed E-state index contributed by atoms with van der Waals surface area (Å²) in [4.78, 5) is 38.9. The van der Waals surface area contributed by atoms with Gasteiger partial charge in [0.25, 0.3) is 5.56 Å². The van der Waals surface area contributed by atoms with E-state index in [9.17, 15) is 14.4 Å². The van der Waals surface area contributed by atoms with Gasteiger partial charge in [-0.3, -0.25) is 14.4 Å². The summed E-state index contributed by atoms with van der Waals surface area (Å²) in [5, 5.41) is 8.02. The van der Waals surface area contributed by atoms with Crippen molar-refractivity contribution in [3.8, 4) is 5.75 Å². The molecule has 0 aliphatic rings. The number of benzene rings is 2. The van der Waals surface area contributed by atoms with Gasteiger partial charge in [0.1, 0.15) is 12.3 Å². The topological polar surface area (TPSA) is 93.5 Å². The Labute approximate surface area is 167 Å². The number of aromatic nitrogens is 2. The fraction of sp³-hybridized carbons (Fsp3) is 0.238. The molecule has 1 aromatic heterocycles. The SMILES string of the molecule is CCN(CC(=O)Nc1cccc(OC)c1)C(=O)Cn1ncc2ccccc2c1=O. The van der Waals surface area contributed by atoms with Crippen molar-refractivity contribution in [3.63, 3.8) is 0 Å². The number of hydrogen-bond acceptors (Lipinski definition) is 5. The third-order valence-electron chi connectivity index (χ3n) is 4.47. The smallest absolute Gasteiger partial charge is 0.275 e. The molecule has 8 nitrogen and oxygen atoms in total. The molecule has 0 saturated carbocycles. The van der Waals surface area contributed by atoms with Gasteiger partial charge in [-0.05, 0) is 25.1 Å². The van der Waals surface area contributed by atoms with Gasteiger partial charge in [-0.15, -0.1) is 0 Å². The lowest BCUT2D eigenvalue weighted by molar-refractivity contribution is -0.135. The third kappa shape index (κ3) is 4.78. The maximum Gasteiger partial charge on any atom is 0.275 e. The molecule has 1 heterocycles. The second kappa shape index (κ2) is 9.01. The molecule has 3 rings (SSSR count). The summed E-state index contributed by atoms with van der Waals surface area (Å²) in [6.07, 6.45) is 1.55. The van der Waals surface area contributed by atoms with Crippen LogP contribution >= 0.6 is 0 Å². The predicted molar refractivity (Wildman–Crippen MR) is 110 cm³/mol. The van der Waals surface area contributed by atoms with E-state index in [0.29, 0.717) is 28.8 Å². The predicted octanol–water partition coefficient (Wildman–Crippen LogP) is 1.89. The van der Waals surface area contributed by atoms with Crippen molar-refractivity contribution in [2.24, 2.45) is 0 Å². The van der Waals surface area contributed by atoms with Crippen molar-refractivity contribution in [2.75, 3.05) is 25.5 Å². The van der Waals surface area contributed by atoms with E-state index in [1.807, 2.05) is 6.07 Å². The van der Waals surface area contributed by atoms with Crippen LogP contribution in [0.5, 0.6) is 5.75 Å². The maximum atomic E-state index is 12.6. The van der Waals surface area contributed by atoms with Crippen molar-refractivity contribution in [3.05, 3.63) is 65.1 Å². The summed E-state index contributed by atoms with van der Waals surface area (Å²) in [5.41, 5.74) is 0.235. The van der Waals surface area contributed by atoms with Gasteiger partial charge in [0.05, 0.1) is 25.2 Å². The maximum absolute atomic E-state index is 12.6. The van der Waals surface area contributed by atoms with Crippen LogP contribution in [0.15, 0.2) is 59.5 Å². The molecule has 0 saturated heterocycles. The second-order valence-corrected chi connectivity index (χ2v) is 6.38. The number of rotatable bonds is 7. The Morgan fingerprint density at radius 3 is 2.72 bits per heavy atom. The molecule has 0 atom stereocenters. The molecule has 8 heteroatoms. The first-order chi connectivity index (χ1) is 14.0. The third-order valence-corrected chi connectivity index (χ3v) is 4.47. The van der Waals surface area contributed by atoms with Gasteiger partial charge in [0.2, 0.25) is 11.8 Å². The summed E-state index contributed by atoms with van der Waals surface area (Å²) in [6, 6.07) is 14.0. The van der Waals surface area contributed by atoms with Crippen LogP contribution in [0, 0.1) is 0 Å². The summed E-state index contributed by atoms with van der Waals surface area (Å²) in [7, 11) is 1.54. The molecule has 0 bridgehead atoms. The quantitative estimate of drug-likeness (QED) is 0.661. The molecule has 0 radical (unpaired) electrons. The Hall–Kier alpha value is -3.68. The van der Waals surface area contributed by atoms with Crippen LogP contribution in [0.25, 0.3) is 10.8 Å². The van der Waals surface area contributed by atoms with E-state index in [2.05, 4.69) is 10.4 Å². The average Bonchev–Trinajstić information content (AvgIpc) is 2.74. The minimum atomic E-state index is -0.363. The summed E-state index contributed by atoms with van der Waals surface area (Å²) in [5.74, 6) is -0.0848. The first-order valence-corrected chi connectivity index (χ1v) is 9.18. The number of methoxy groups -OCH3 is 1. The molecular weight excluding hydrogens is 372 g/mol. The van der Waals surface area contributed by atoms with Gasteiger partial charge in [-0.1, -0.05) is 24.3 Å². The van der Waals surface area contributed by atoms with E-state index < -0.39 is 0 Å². The summed E-state index contributed by atoms with van der Waals surface area (Å²) < 4.78 is 6.25. The lowest BCUT2D eigenvalue weighted by Crippen LogP contribution is -2.41. The minimum absolute atomic E-state index is 0.130. The lowest BCUT2D eigenvalue weighted by atomic mass is 10.2. The lowest BCUT2D eigenvalue weighted by Gasteiger charge is -2.20. The van der Waals surface area contributed by atoms with Gasteiger partial charge < -0.3 is 15.0 Å².